The average Bonchev–Trinajstić information content (AvgIpc) is 2.86. The normalized spacial score (nSPS) is 11.3. The molecule has 4 heteroatoms. The van der Waals surface area contributed by atoms with Crippen molar-refractivity contribution in [2.45, 2.75) is 39.9 Å². The zero-order valence-electron chi connectivity index (χ0n) is 10.6. The van der Waals surface area contributed by atoms with E-state index in [1.54, 1.807) is 0 Å². The molecule has 2 aromatic rings. The molecule has 0 fully saturated rings. The average molecular weight is 249 g/mol. The number of aryl methyl sites for hydroxylation is 1. The first-order chi connectivity index (χ1) is 8.13. The highest BCUT2D eigenvalue weighted by atomic mass is 32.1. The number of aromatic nitrogens is 2. The summed E-state index contributed by atoms with van der Waals surface area (Å²) < 4.78 is 1.99. The molecule has 92 valence electrons. The van der Waals surface area contributed by atoms with E-state index >= 15 is 0 Å². The minimum Gasteiger partial charge on any atom is -0.310 e. The van der Waals surface area contributed by atoms with Crippen molar-refractivity contribution in [2.24, 2.45) is 0 Å². The Labute approximate surface area is 106 Å². The van der Waals surface area contributed by atoms with Gasteiger partial charge >= 0.3 is 0 Å². The van der Waals surface area contributed by atoms with E-state index in [2.05, 4.69) is 36.4 Å². The molecule has 0 unspecified atom stereocenters. The fourth-order valence-corrected chi connectivity index (χ4v) is 2.58. The van der Waals surface area contributed by atoms with Gasteiger partial charge < -0.3 is 5.32 Å². The first-order valence-electron chi connectivity index (χ1n) is 5.94. The number of thiophene rings is 1. The van der Waals surface area contributed by atoms with Gasteiger partial charge in [-0.15, -0.1) is 11.3 Å². The van der Waals surface area contributed by atoms with E-state index in [4.69, 9.17) is 0 Å². The summed E-state index contributed by atoms with van der Waals surface area (Å²) in [6, 6.07) is 6.97. The van der Waals surface area contributed by atoms with Crippen molar-refractivity contribution >= 4 is 11.3 Å². The van der Waals surface area contributed by atoms with Crippen LogP contribution in [-0.2, 0) is 13.1 Å². The van der Waals surface area contributed by atoms with E-state index in [0.717, 1.165) is 18.8 Å². The van der Waals surface area contributed by atoms with Crippen molar-refractivity contribution in [3.05, 3.63) is 39.8 Å². The monoisotopic (exact) mass is 249 g/mol. The Morgan fingerprint density at radius 3 is 2.71 bits per heavy atom. The van der Waals surface area contributed by atoms with Gasteiger partial charge in [0.25, 0.3) is 0 Å². The Balaban J connectivity index is 1.94. The number of nitrogens with zero attached hydrogens (tertiary/aromatic N) is 2. The Bertz CT molecular complexity index is 470. The maximum absolute atomic E-state index is 4.40. The van der Waals surface area contributed by atoms with Gasteiger partial charge in [-0.05, 0) is 25.1 Å². The van der Waals surface area contributed by atoms with Crippen LogP contribution in [0.5, 0.6) is 0 Å². The van der Waals surface area contributed by atoms with Crippen molar-refractivity contribution in [2.75, 3.05) is 0 Å². The molecule has 0 aliphatic heterocycles. The van der Waals surface area contributed by atoms with Crippen LogP contribution in [-0.4, -0.2) is 15.8 Å². The Hall–Kier alpha value is -1.13. The molecule has 0 aliphatic rings. The Morgan fingerprint density at radius 2 is 2.06 bits per heavy atom. The van der Waals surface area contributed by atoms with Crippen LogP contribution in [0.15, 0.2) is 24.4 Å². The van der Waals surface area contributed by atoms with Crippen LogP contribution >= 0.6 is 11.3 Å². The molecule has 0 radical (unpaired) electrons. The molecule has 0 aromatic carbocycles. The number of rotatable bonds is 5. The molecule has 0 saturated heterocycles. The van der Waals surface area contributed by atoms with Gasteiger partial charge in [0.1, 0.15) is 0 Å². The topological polar surface area (TPSA) is 29.9 Å². The van der Waals surface area contributed by atoms with Crippen LogP contribution in [0.25, 0.3) is 0 Å². The van der Waals surface area contributed by atoms with Gasteiger partial charge in [0, 0.05) is 28.5 Å². The predicted octanol–water partition coefficient (Wildman–Crippen LogP) is 2.80. The van der Waals surface area contributed by atoms with Gasteiger partial charge in [-0.25, -0.2) is 0 Å². The molecule has 2 heterocycles. The zero-order chi connectivity index (χ0) is 12.3. The van der Waals surface area contributed by atoms with Crippen molar-refractivity contribution < 1.29 is 0 Å². The van der Waals surface area contributed by atoms with Crippen LogP contribution in [0, 0.1) is 6.92 Å². The van der Waals surface area contributed by atoms with Crippen molar-refractivity contribution in [1.82, 2.24) is 15.1 Å². The third-order valence-electron chi connectivity index (χ3n) is 2.49. The van der Waals surface area contributed by atoms with E-state index in [0.29, 0.717) is 6.04 Å². The highest BCUT2D eigenvalue weighted by molar-refractivity contribution is 7.11. The lowest BCUT2D eigenvalue weighted by Crippen LogP contribution is -2.21. The Morgan fingerprint density at radius 1 is 1.29 bits per heavy atom. The maximum Gasteiger partial charge on any atom is 0.0752 e. The summed E-state index contributed by atoms with van der Waals surface area (Å²) in [6.07, 6.45) is 2.03. The zero-order valence-corrected chi connectivity index (χ0v) is 11.4. The second-order valence-electron chi connectivity index (χ2n) is 4.56. The molecule has 0 spiro atoms. The highest BCUT2D eigenvalue weighted by Gasteiger charge is 2.02. The smallest absolute Gasteiger partial charge is 0.0752 e. The maximum atomic E-state index is 4.40. The van der Waals surface area contributed by atoms with E-state index in [9.17, 15) is 0 Å². The minimum absolute atomic E-state index is 0.536. The summed E-state index contributed by atoms with van der Waals surface area (Å²) in [6.45, 7) is 8.19. The molecule has 0 bridgehead atoms. The van der Waals surface area contributed by atoms with Crippen LogP contribution in [0.4, 0.5) is 0 Å². The number of hydrogen-bond acceptors (Lipinski definition) is 3. The molecule has 3 nitrogen and oxygen atoms in total. The summed E-state index contributed by atoms with van der Waals surface area (Å²) in [5.74, 6) is 0. The predicted molar refractivity (Wildman–Crippen MR) is 72.4 cm³/mol. The summed E-state index contributed by atoms with van der Waals surface area (Å²) >= 11 is 1.86. The molecule has 0 saturated carbocycles. The molecule has 17 heavy (non-hydrogen) atoms. The third-order valence-corrected chi connectivity index (χ3v) is 3.56. The first-order valence-corrected chi connectivity index (χ1v) is 6.76. The van der Waals surface area contributed by atoms with Crippen LogP contribution in [0.2, 0.25) is 0 Å². The van der Waals surface area contributed by atoms with E-state index in [1.807, 2.05) is 35.2 Å². The van der Waals surface area contributed by atoms with Gasteiger partial charge in [0.2, 0.25) is 0 Å². The second kappa shape index (κ2) is 5.47. The molecule has 1 N–H and O–H groups in total. The highest BCUT2D eigenvalue weighted by Crippen LogP contribution is 2.17. The second-order valence-corrected chi connectivity index (χ2v) is 5.81. The molecular weight excluding hydrogens is 230 g/mol. The lowest BCUT2D eigenvalue weighted by atomic mass is 10.3. The lowest BCUT2D eigenvalue weighted by molar-refractivity contribution is 0.593. The van der Waals surface area contributed by atoms with Gasteiger partial charge in [0.15, 0.2) is 0 Å². The molecular formula is C13H19N3S. The van der Waals surface area contributed by atoms with Crippen molar-refractivity contribution in [3.63, 3.8) is 0 Å². The summed E-state index contributed by atoms with van der Waals surface area (Å²) in [4.78, 5) is 2.74. The van der Waals surface area contributed by atoms with E-state index in [-0.39, 0.29) is 0 Å². The molecule has 2 aromatic heterocycles. The van der Waals surface area contributed by atoms with Crippen LogP contribution in [0.1, 0.15) is 29.3 Å². The van der Waals surface area contributed by atoms with Crippen molar-refractivity contribution in [3.8, 4) is 0 Å². The SMILES string of the molecule is Cc1ccn(Cc2ccc(CNC(C)C)s2)n1. The summed E-state index contributed by atoms with van der Waals surface area (Å²) in [7, 11) is 0. The summed E-state index contributed by atoms with van der Waals surface area (Å²) in [5, 5.41) is 7.83. The summed E-state index contributed by atoms with van der Waals surface area (Å²) in [5.41, 5.74) is 1.07. The quantitative estimate of drug-likeness (QED) is 0.883. The molecule has 0 atom stereocenters. The van der Waals surface area contributed by atoms with Crippen molar-refractivity contribution in [1.29, 1.82) is 0 Å². The fraction of sp³-hybridized carbons (Fsp3) is 0.462. The third kappa shape index (κ3) is 3.68. The molecule has 0 aliphatic carbocycles. The van der Waals surface area contributed by atoms with Gasteiger partial charge in [0.05, 0.1) is 12.2 Å². The molecule has 0 amide bonds. The number of hydrogen-bond donors (Lipinski definition) is 1. The van der Waals surface area contributed by atoms with Crippen LogP contribution < -0.4 is 5.32 Å². The standard InChI is InChI=1S/C13H19N3S/c1-10(2)14-8-12-4-5-13(17-12)9-16-7-6-11(3)15-16/h4-7,10,14H,8-9H2,1-3H3. The first kappa shape index (κ1) is 12.3. The largest absolute Gasteiger partial charge is 0.310 e. The van der Waals surface area contributed by atoms with Gasteiger partial charge in [-0.1, -0.05) is 13.8 Å². The van der Waals surface area contributed by atoms with E-state index in [1.165, 1.54) is 9.75 Å². The Kier molecular flexibility index (Phi) is 3.97. The molecule has 2 rings (SSSR count). The number of nitrogens with one attached hydrogen (secondary N) is 1. The lowest BCUT2D eigenvalue weighted by Gasteiger charge is -2.05. The van der Waals surface area contributed by atoms with Crippen LogP contribution in [0.3, 0.4) is 0 Å². The van der Waals surface area contributed by atoms with Gasteiger partial charge in [-0.3, -0.25) is 4.68 Å². The van der Waals surface area contributed by atoms with E-state index < -0.39 is 0 Å². The van der Waals surface area contributed by atoms with Gasteiger partial charge in [-0.2, -0.15) is 5.10 Å². The minimum atomic E-state index is 0.536. The fourth-order valence-electron chi connectivity index (χ4n) is 1.62.